The summed E-state index contributed by atoms with van der Waals surface area (Å²) in [7, 11) is 6.23. The highest BCUT2D eigenvalue weighted by Gasteiger charge is 2.19. The van der Waals surface area contributed by atoms with Crippen molar-refractivity contribution < 1.29 is 0 Å². The number of guanidine groups is 1. The Kier molecular flexibility index (Phi) is 9.09. The largest absolute Gasteiger partial charge is 0.355 e. The number of halogens is 1. The van der Waals surface area contributed by atoms with Crippen LogP contribution in [0.4, 0.5) is 0 Å². The first-order chi connectivity index (χ1) is 12.2. The Labute approximate surface area is 179 Å². The summed E-state index contributed by atoms with van der Waals surface area (Å²) in [6.07, 6.45) is 10.5. The molecule has 0 atom stereocenters. The molecule has 1 N–H and O–H groups in total. The van der Waals surface area contributed by atoms with Crippen molar-refractivity contribution >= 4 is 41.3 Å². The molecule has 0 aromatic carbocycles. The number of rotatable bonds is 6. The zero-order valence-corrected chi connectivity index (χ0v) is 19.6. The summed E-state index contributed by atoms with van der Waals surface area (Å²) in [6.45, 7) is 2.86. The smallest absolute Gasteiger partial charge is 0.193 e. The van der Waals surface area contributed by atoms with Crippen LogP contribution in [-0.2, 0) is 19.4 Å². The molecule has 0 radical (unpaired) electrons. The van der Waals surface area contributed by atoms with E-state index in [-0.39, 0.29) is 24.0 Å². The van der Waals surface area contributed by atoms with Gasteiger partial charge >= 0.3 is 0 Å². The Hall–Kier alpha value is -0.410. The molecule has 0 saturated heterocycles. The molecule has 1 aromatic rings. The molecular weight excluding hydrogens is 457 g/mol. The Morgan fingerprint density at radius 2 is 1.92 bits per heavy atom. The normalized spacial score (nSPS) is 17.9. The standard InChI is InChI=1S/C19H33N5S.HI/c1-20-19(21-12-13-23(2)15-8-4-5-9-15)24(3)14-18-22-16-10-6-7-11-17(16)25-18;/h15H,4-14H2,1-3H3,(H,20,21);1H. The van der Waals surface area contributed by atoms with Crippen molar-refractivity contribution in [3.05, 3.63) is 15.6 Å². The number of fused-ring (bicyclic) bond motifs is 1. The van der Waals surface area contributed by atoms with E-state index in [0.29, 0.717) is 0 Å². The molecule has 2 aliphatic carbocycles. The van der Waals surface area contributed by atoms with E-state index in [4.69, 9.17) is 4.98 Å². The van der Waals surface area contributed by atoms with Crippen LogP contribution in [-0.4, -0.2) is 61.0 Å². The second kappa shape index (κ2) is 10.8. The zero-order valence-electron chi connectivity index (χ0n) is 16.5. The SMILES string of the molecule is CN=C(NCCN(C)C1CCCC1)N(C)Cc1nc2c(s1)CCCC2.I. The zero-order chi connectivity index (χ0) is 17.6. The van der Waals surface area contributed by atoms with E-state index in [1.807, 2.05) is 18.4 Å². The topological polar surface area (TPSA) is 43.8 Å². The predicted octanol–water partition coefficient (Wildman–Crippen LogP) is 3.52. The molecular formula is C19H34IN5S. The molecule has 0 spiro atoms. The molecule has 26 heavy (non-hydrogen) atoms. The van der Waals surface area contributed by atoms with E-state index in [1.54, 1.807) is 0 Å². The van der Waals surface area contributed by atoms with Crippen molar-refractivity contribution in [3.8, 4) is 0 Å². The van der Waals surface area contributed by atoms with E-state index in [1.165, 1.54) is 60.5 Å². The van der Waals surface area contributed by atoms with Gasteiger partial charge in [0.25, 0.3) is 0 Å². The summed E-state index contributed by atoms with van der Waals surface area (Å²) < 4.78 is 0. The van der Waals surface area contributed by atoms with Gasteiger partial charge in [0.2, 0.25) is 0 Å². The minimum absolute atomic E-state index is 0. The molecule has 0 bridgehead atoms. The van der Waals surface area contributed by atoms with Crippen molar-refractivity contribution in [1.82, 2.24) is 20.1 Å². The van der Waals surface area contributed by atoms with Gasteiger partial charge in [-0.3, -0.25) is 4.99 Å². The number of likely N-dealkylation sites (N-methyl/N-ethyl adjacent to an activating group) is 1. The number of aliphatic imine (C=N–C) groups is 1. The first-order valence-corrected chi connectivity index (χ1v) is 10.6. The third kappa shape index (κ3) is 5.79. The number of nitrogens with zero attached hydrogens (tertiary/aromatic N) is 4. The first-order valence-electron chi connectivity index (χ1n) is 9.77. The minimum atomic E-state index is 0. The second-order valence-electron chi connectivity index (χ2n) is 7.43. The van der Waals surface area contributed by atoms with Gasteiger partial charge in [0.05, 0.1) is 12.2 Å². The van der Waals surface area contributed by atoms with Crippen LogP contribution in [0.1, 0.15) is 54.1 Å². The Morgan fingerprint density at radius 1 is 1.19 bits per heavy atom. The molecule has 1 fully saturated rings. The maximum Gasteiger partial charge on any atom is 0.193 e. The average molecular weight is 491 g/mol. The summed E-state index contributed by atoms with van der Waals surface area (Å²) >= 11 is 1.89. The first kappa shape index (κ1) is 21.9. The molecule has 1 aromatic heterocycles. The van der Waals surface area contributed by atoms with Crippen molar-refractivity contribution in [2.24, 2.45) is 4.99 Å². The summed E-state index contributed by atoms with van der Waals surface area (Å²) in [5, 5.41) is 4.74. The molecule has 1 saturated carbocycles. The van der Waals surface area contributed by atoms with Crippen LogP contribution >= 0.6 is 35.3 Å². The summed E-state index contributed by atoms with van der Waals surface area (Å²) in [5.74, 6) is 0.966. The van der Waals surface area contributed by atoms with Crippen molar-refractivity contribution in [3.63, 3.8) is 0 Å². The molecule has 0 aliphatic heterocycles. The molecule has 3 rings (SSSR count). The van der Waals surface area contributed by atoms with Crippen LogP contribution in [0.5, 0.6) is 0 Å². The van der Waals surface area contributed by atoms with Crippen molar-refractivity contribution in [1.29, 1.82) is 0 Å². The average Bonchev–Trinajstić information content (AvgIpc) is 3.27. The highest BCUT2D eigenvalue weighted by molar-refractivity contribution is 14.0. The van der Waals surface area contributed by atoms with Gasteiger partial charge in [-0.05, 0) is 45.6 Å². The van der Waals surface area contributed by atoms with Crippen LogP contribution in [0.25, 0.3) is 0 Å². The number of hydrogen-bond donors (Lipinski definition) is 1. The van der Waals surface area contributed by atoms with Gasteiger partial charge in [-0.1, -0.05) is 12.8 Å². The monoisotopic (exact) mass is 491 g/mol. The van der Waals surface area contributed by atoms with Gasteiger partial charge in [-0.15, -0.1) is 35.3 Å². The Morgan fingerprint density at radius 3 is 2.62 bits per heavy atom. The van der Waals surface area contributed by atoms with Crippen LogP contribution in [0.3, 0.4) is 0 Å². The second-order valence-corrected chi connectivity index (χ2v) is 8.60. The molecule has 5 nitrogen and oxygen atoms in total. The molecule has 1 heterocycles. The fraction of sp³-hybridized carbons (Fsp3) is 0.789. The minimum Gasteiger partial charge on any atom is -0.355 e. The number of aromatic nitrogens is 1. The summed E-state index contributed by atoms with van der Waals surface area (Å²) in [6, 6.07) is 0.781. The molecule has 2 aliphatic rings. The summed E-state index contributed by atoms with van der Waals surface area (Å²) in [4.78, 5) is 15.5. The molecule has 148 valence electrons. The maximum atomic E-state index is 4.85. The fourth-order valence-corrected chi connectivity index (χ4v) is 5.22. The van der Waals surface area contributed by atoms with E-state index in [2.05, 4.69) is 34.2 Å². The highest BCUT2D eigenvalue weighted by atomic mass is 127. The molecule has 0 amide bonds. The predicted molar refractivity (Wildman–Crippen MR) is 122 cm³/mol. The number of aryl methyl sites for hydroxylation is 2. The van der Waals surface area contributed by atoms with Crippen molar-refractivity contribution in [2.75, 3.05) is 34.2 Å². The van der Waals surface area contributed by atoms with Gasteiger partial charge in [0.1, 0.15) is 5.01 Å². The highest BCUT2D eigenvalue weighted by Crippen LogP contribution is 2.27. The third-order valence-corrected chi connectivity index (χ3v) is 6.67. The quantitative estimate of drug-likeness (QED) is 0.376. The van der Waals surface area contributed by atoms with E-state index < -0.39 is 0 Å². The van der Waals surface area contributed by atoms with Crippen LogP contribution in [0, 0.1) is 0 Å². The van der Waals surface area contributed by atoms with E-state index in [9.17, 15) is 0 Å². The van der Waals surface area contributed by atoms with E-state index in [0.717, 1.165) is 38.1 Å². The lowest BCUT2D eigenvalue weighted by atomic mass is 10.0. The van der Waals surface area contributed by atoms with E-state index >= 15 is 0 Å². The van der Waals surface area contributed by atoms with Crippen molar-refractivity contribution in [2.45, 2.75) is 64.0 Å². The molecule has 7 heteroatoms. The number of hydrogen-bond acceptors (Lipinski definition) is 4. The Bertz CT molecular complexity index is 559. The van der Waals surface area contributed by atoms with Gasteiger partial charge in [0, 0.05) is 38.1 Å². The lowest BCUT2D eigenvalue weighted by Gasteiger charge is -2.26. The Balaban J connectivity index is 0.00000243. The van der Waals surface area contributed by atoms with Gasteiger partial charge in [-0.25, -0.2) is 4.98 Å². The third-order valence-electron chi connectivity index (χ3n) is 5.53. The summed E-state index contributed by atoms with van der Waals surface area (Å²) in [5.41, 5.74) is 1.35. The van der Waals surface area contributed by atoms with Gasteiger partial charge < -0.3 is 15.1 Å². The van der Waals surface area contributed by atoms with Gasteiger partial charge in [0.15, 0.2) is 5.96 Å². The van der Waals surface area contributed by atoms with Crippen LogP contribution in [0.15, 0.2) is 4.99 Å². The number of nitrogens with one attached hydrogen (secondary N) is 1. The maximum absolute atomic E-state index is 4.85. The van der Waals surface area contributed by atoms with Gasteiger partial charge in [-0.2, -0.15) is 0 Å². The lowest BCUT2D eigenvalue weighted by molar-refractivity contribution is 0.248. The fourth-order valence-electron chi connectivity index (χ4n) is 4.01. The lowest BCUT2D eigenvalue weighted by Crippen LogP contribution is -2.43. The van der Waals surface area contributed by atoms with Crippen LogP contribution in [0.2, 0.25) is 0 Å². The molecule has 0 unspecified atom stereocenters. The number of thiazole rings is 1. The van der Waals surface area contributed by atoms with Crippen LogP contribution < -0.4 is 5.32 Å².